The number of nitrogens with one attached hydrogen (secondary N) is 2. The molecule has 5 rings (SSSR count). The van der Waals surface area contributed by atoms with E-state index >= 15 is 0 Å². The number of methoxy groups -OCH3 is 1. The second kappa shape index (κ2) is 15.6. The zero-order chi connectivity index (χ0) is 32.5. The van der Waals surface area contributed by atoms with Gasteiger partial charge in [0, 0.05) is 28.6 Å². The molecule has 46 heavy (non-hydrogen) atoms. The molecule has 0 saturated carbocycles. The number of phosphoric acid groups is 1. The fourth-order valence-electron chi connectivity index (χ4n) is 5.29. The van der Waals surface area contributed by atoms with Crippen LogP contribution < -0.4 is 20.1 Å². The molecule has 1 aliphatic rings. The lowest BCUT2D eigenvalue weighted by molar-refractivity contribution is 0.102. The van der Waals surface area contributed by atoms with Crippen molar-refractivity contribution >= 4 is 53.6 Å². The van der Waals surface area contributed by atoms with Crippen molar-refractivity contribution in [3.63, 3.8) is 0 Å². The standard InChI is InChI=1S/C31H36ClN6O7P/c1-43-25-10-11-27-26(19-25)29(34-23-9-12-28(33-20-23)36-30(39)21-6-4-7-22(32)18-21)37-31(35-27)44-16-5-15-38-14-3-2-8-24(38)13-17-45-46(40,41)42/h4,6-7,9-12,18-20,24H,2-3,5,8,13-17H2,1H3,(H,33,36,39)(H,34,35,37)(H2,40,41,42). The van der Waals surface area contributed by atoms with Crippen LogP contribution in [0.5, 0.6) is 11.8 Å². The number of aromatic nitrogens is 3. The molecular weight excluding hydrogens is 635 g/mol. The van der Waals surface area contributed by atoms with Crippen LogP contribution in [0, 0.1) is 0 Å². The van der Waals surface area contributed by atoms with E-state index in [0.29, 0.717) is 52.2 Å². The van der Waals surface area contributed by atoms with E-state index < -0.39 is 7.82 Å². The van der Waals surface area contributed by atoms with E-state index in [4.69, 9.17) is 30.9 Å². The zero-order valence-electron chi connectivity index (χ0n) is 25.3. The van der Waals surface area contributed by atoms with Gasteiger partial charge < -0.3 is 34.8 Å². The van der Waals surface area contributed by atoms with Crippen LogP contribution in [-0.4, -0.2) is 75.0 Å². The Hall–Kier alpha value is -3.84. The molecule has 1 unspecified atom stereocenters. The minimum Gasteiger partial charge on any atom is -0.497 e. The Balaban J connectivity index is 1.22. The summed E-state index contributed by atoms with van der Waals surface area (Å²) in [6, 6.07) is 16.0. The maximum absolute atomic E-state index is 12.6. The fraction of sp³-hybridized carbons (Fsp3) is 0.355. The Labute approximate surface area is 271 Å². The molecule has 13 nitrogen and oxygen atoms in total. The highest BCUT2D eigenvalue weighted by Crippen LogP contribution is 2.36. The van der Waals surface area contributed by atoms with Gasteiger partial charge in [-0.15, -0.1) is 0 Å². The lowest BCUT2D eigenvalue weighted by Crippen LogP contribution is -2.41. The predicted octanol–water partition coefficient (Wildman–Crippen LogP) is 5.81. The van der Waals surface area contributed by atoms with E-state index in [1.54, 1.807) is 49.7 Å². The summed E-state index contributed by atoms with van der Waals surface area (Å²) in [5.41, 5.74) is 1.72. The van der Waals surface area contributed by atoms with E-state index in [1.807, 2.05) is 18.2 Å². The second-order valence-corrected chi connectivity index (χ2v) is 12.4. The number of ether oxygens (including phenoxy) is 2. The first kappa shape index (κ1) is 33.5. The summed E-state index contributed by atoms with van der Waals surface area (Å²) in [5, 5.41) is 7.23. The molecule has 1 fully saturated rings. The van der Waals surface area contributed by atoms with Crippen molar-refractivity contribution in [1.82, 2.24) is 19.9 Å². The van der Waals surface area contributed by atoms with Gasteiger partial charge in [0.25, 0.3) is 5.91 Å². The monoisotopic (exact) mass is 670 g/mol. The Morgan fingerprint density at radius 3 is 2.74 bits per heavy atom. The molecule has 4 aromatic rings. The molecule has 0 bridgehead atoms. The van der Waals surface area contributed by atoms with Crippen molar-refractivity contribution in [2.75, 3.05) is 44.0 Å². The molecule has 2 aromatic heterocycles. The Kier molecular flexibility index (Phi) is 11.4. The van der Waals surface area contributed by atoms with Gasteiger partial charge in [0.1, 0.15) is 17.4 Å². The summed E-state index contributed by atoms with van der Waals surface area (Å²) in [6.45, 7) is 2.08. The quantitative estimate of drug-likeness (QED) is 0.0941. The molecule has 1 aliphatic heterocycles. The third-order valence-corrected chi connectivity index (χ3v) is 8.27. The third kappa shape index (κ3) is 9.58. The first-order valence-corrected chi connectivity index (χ1v) is 16.8. The van der Waals surface area contributed by atoms with Crippen molar-refractivity contribution in [3.8, 4) is 11.8 Å². The summed E-state index contributed by atoms with van der Waals surface area (Å²) in [6.07, 6.45) is 5.98. The molecule has 15 heteroatoms. The van der Waals surface area contributed by atoms with Gasteiger partial charge in [-0.2, -0.15) is 9.97 Å². The second-order valence-electron chi connectivity index (χ2n) is 10.8. The molecule has 0 spiro atoms. The molecule has 1 saturated heterocycles. The molecule has 1 atom stereocenters. The first-order valence-electron chi connectivity index (χ1n) is 14.9. The van der Waals surface area contributed by atoms with Gasteiger partial charge in [-0.25, -0.2) is 9.55 Å². The SMILES string of the molecule is COc1ccc2nc(OCCCN3CCCCC3CCOP(=O)(O)O)nc(Nc3ccc(NC(=O)c4cccc(Cl)c4)nc3)c2c1. The number of nitrogens with zero attached hydrogens (tertiary/aromatic N) is 4. The Morgan fingerprint density at radius 1 is 1.11 bits per heavy atom. The molecule has 0 aliphatic carbocycles. The number of phosphoric ester groups is 1. The van der Waals surface area contributed by atoms with E-state index in [0.717, 1.165) is 44.2 Å². The summed E-state index contributed by atoms with van der Waals surface area (Å²) in [7, 11) is -2.88. The normalized spacial score (nSPS) is 15.4. The molecule has 0 radical (unpaired) electrons. The van der Waals surface area contributed by atoms with Crippen LogP contribution in [0.4, 0.5) is 17.3 Å². The maximum Gasteiger partial charge on any atom is 0.469 e. The molecule has 2 aromatic carbocycles. The van der Waals surface area contributed by atoms with E-state index in [2.05, 4.69) is 35.0 Å². The number of benzene rings is 2. The van der Waals surface area contributed by atoms with Crippen LogP contribution >= 0.6 is 19.4 Å². The number of fused-ring (bicyclic) bond motifs is 1. The molecule has 1 amide bonds. The van der Waals surface area contributed by atoms with Gasteiger partial charge in [0.05, 0.1) is 37.7 Å². The number of piperidine rings is 1. The van der Waals surface area contributed by atoms with E-state index in [-0.39, 0.29) is 24.6 Å². The smallest absolute Gasteiger partial charge is 0.469 e. The topological polar surface area (TPSA) is 168 Å². The summed E-state index contributed by atoms with van der Waals surface area (Å²) in [5.74, 6) is 1.19. The van der Waals surface area contributed by atoms with Crippen molar-refractivity contribution in [2.45, 2.75) is 38.1 Å². The van der Waals surface area contributed by atoms with Gasteiger partial charge >= 0.3 is 13.8 Å². The van der Waals surface area contributed by atoms with E-state index in [1.165, 1.54) is 0 Å². The molecule has 244 valence electrons. The number of halogens is 1. The number of pyridine rings is 1. The predicted molar refractivity (Wildman–Crippen MR) is 175 cm³/mol. The first-order chi connectivity index (χ1) is 22.2. The number of likely N-dealkylation sites (tertiary alicyclic amines) is 1. The maximum atomic E-state index is 12.6. The summed E-state index contributed by atoms with van der Waals surface area (Å²) in [4.78, 5) is 46.5. The molecular formula is C31H36ClN6O7P. The summed E-state index contributed by atoms with van der Waals surface area (Å²) < 4.78 is 27.1. The van der Waals surface area contributed by atoms with Gasteiger partial charge in [-0.3, -0.25) is 9.32 Å². The van der Waals surface area contributed by atoms with Crippen LogP contribution in [0.15, 0.2) is 60.8 Å². The number of amides is 1. The van der Waals surface area contributed by atoms with Gasteiger partial charge in [-0.1, -0.05) is 24.1 Å². The number of carbonyl (C=O) groups is 1. The van der Waals surface area contributed by atoms with Crippen molar-refractivity contribution in [1.29, 1.82) is 0 Å². The highest BCUT2D eigenvalue weighted by molar-refractivity contribution is 7.46. The number of anilines is 3. The van der Waals surface area contributed by atoms with Crippen LogP contribution in [-0.2, 0) is 9.09 Å². The number of rotatable bonds is 14. The van der Waals surface area contributed by atoms with Crippen LogP contribution in [0.2, 0.25) is 5.02 Å². The van der Waals surface area contributed by atoms with E-state index in [9.17, 15) is 9.36 Å². The zero-order valence-corrected chi connectivity index (χ0v) is 26.9. The Bertz CT molecular complexity index is 1690. The van der Waals surface area contributed by atoms with Crippen LogP contribution in [0.3, 0.4) is 0 Å². The highest BCUT2D eigenvalue weighted by atomic mass is 35.5. The minimum atomic E-state index is -4.47. The number of carbonyl (C=O) groups excluding carboxylic acids is 1. The van der Waals surface area contributed by atoms with Crippen molar-refractivity contribution in [2.24, 2.45) is 0 Å². The van der Waals surface area contributed by atoms with Gasteiger partial charge in [-0.05, 0) is 80.8 Å². The Morgan fingerprint density at radius 2 is 1.98 bits per heavy atom. The third-order valence-electron chi connectivity index (χ3n) is 7.52. The van der Waals surface area contributed by atoms with Gasteiger partial charge in [0.2, 0.25) is 0 Å². The number of hydrogen-bond acceptors (Lipinski definition) is 10. The van der Waals surface area contributed by atoms with Crippen LogP contribution in [0.25, 0.3) is 10.9 Å². The summed E-state index contributed by atoms with van der Waals surface area (Å²) >= 11 is 6.00. The molecule has 3 heterocycles. The average molecular weight is 671 g/mol. The van der Waals surface area contributed by atoms with Crippen molar-refractivity contribution in [3.05, 3.63) is 71.4 Å². The average Bonchev–Trinajstić information content (AvgIpc) is 3.04. The van der Waals surface area contributed by atoms with Gasteiger partial charge in [0.15, 0.2) is 0 Å². The minimum absolute atomic E-state index is 0.0172. The van der Waals surface area contributed by atoms with Crippen LogP contribution in [0.1, 0.15) is 42.5 Å². The number of hydrogen-bond donors (Lipinski definition) is 4. The lowest BCUT2D eigenvalue weighted by atomic mass is 9.99. The highest BCUT2D eigenvalue weighted by Gasteiger charge is 2.23. The largest absolute Gasteiger partial charge is 0.497 e. The fourth-order valence-corrected chi connectivity index (χ4v) is 5.82. The molecule has 4 N–H and O–H groups in total. The lowest BCUT2D eigenvalue weighted by Gasteiger charge is -2.35. The van der Waals surface area contributed by atoms with Crippen molar-refractivity contribution < 1.29 is 33.1 Å².